The number of hydrogen-bond acceptors (Lipinski definition) is 6. The molecule has 0 radical (unpaired) electrons. The smallest absolute Gasteiger partial charge is 0.266 e. The largest absolute Gasteiger partial charge is 0.496 e. The number of hydrogen-bond donors (Lipinski definition) is 1. The Bertz CT molecular complexity index is 1280. The van der Waals surface area contributed by atoms with Gasteiger partial charge in [0.1, 0.15) is 21.8 Å². The summed E-state index contributed by atoms with van der Waals surface area (Å²) in [7, 11) is -2.76. The van der Waals surface area contributed by atoms with Crippen LogP contribution in [-0.2, 0) is 16.6 Å². The summed E-state index contributed by atoms with van der Waals surface area (Å²) in [6, 6.07) is 9.14. The molecule has 8 nitrogen and oxygen atoms in total. The molecular formula is C19H17FN4O4S. The third-order valence-corrected chi connectivity index (χ3v) is 5.70. The second-order valence-corrected chi connectivity index (χ2v) is 8.10. The molecular weight excluding hydrogens is 399 g/mol. The predicted octanol–water partition coefficient (Wildman–Crippen LogP) is 3.33. The summed E-state index contributed by atoms with van der Waals surface area (Å²) in [6.45, 7) is 2.14. The monoisotopic (exact) mass is 416 g/mol. The average molecular weight is 416 g/mol. The lowest BCUT2D eigenvalue weighted by atomic mass is 10.1. The van der Waals surface area contributed by atoms with Gasteiger partial charge in [0.2, 0.25) is 0 Å². The van der Waals surface area contributed by atoms with Crippen molar-refractivity contribution in [2.75, 3.05) is 11.8 Å². The van der Waals surface area contributed by atoms with E-state index in [1.807, 2.05) is 6.20 Å². The molecule has 0 bridgehead atoms. The van der Waals surface area contributed by atoms with Crippen molar-refractivity contribution in [2.45, 2.75) is 18.4 Å². The van der Waals surface area contributed by atoms with Crippen molar-refractivity contribution in [1.29, 1.82) is 0 Å². The molecule has 2 heterocycles. The normalized spacial score (nSPS) is 11.7. The lowest BCUT2D eigenvalue weighted by Crippen LogP contribution is -2.15. The highest BCUT2D eigenvalue weighted by atomic mass is 32.2. The highest BCUT2D eigenvalue weighted by Crippen LogP contribution is 2.35. The molecule has 4 rings (SSSR count). The highest BCUT2D eigenvalue weighted by molar-refractivity contribution is 7.92. The van der Waals surface area contributed by atoms with E-state index in [0.29, 0.717) is 28.8 Å². The summed E-state index contributed by atoms with van der Waals surface area (Å²) >= 11 is 0. The molecule has 0 unspecified atom stereocenters. The number of anilines is 1. The molecule has 150 valence electrons. The van der Waals surface area contributed by atoms with Gasteiger partial charge in [0.15, 0.2) is 11.4 Å². The van der Waals surface area contributed by atoms with Gasteiger partial charge in [0.25, 0.3) is 10.0 Å². The second-order valence-electron chi connectivity index (χ2n) is 6.45. The van der Waals surface area contributed by atoms with E-state index in [0.717, 1.165) is 11.6 Å². The van der Waals surface area contributed by atoms with Crippen molar-refractivity contribution in [1.82, 2.24) is 14.9 Å². The molecule has 29 heavy (non-hydrogen) atoms. The first-order valence-electron chi connectivity index (χ1n) is 8.60. The fourth-order valence-corrected chi connectivity index (χ4v) is 4.07. The summed E-state index contributed by atoms with van der Waals surface area (Å²) in [5.74, 6) is -0.561. The Morgan fingerprint density at radius 1 is 1.28 bits per heavy atom. The number of benzene rings is 2. The molecule has 10 heteroatoms. The summed E-state index contributed by atoms with van der Waals surface area (Å²) in [6.07, 6.45) is 3.48. The van der Waals surface area contributed by atoms with Gasteiger partial charge in [-0.25, -0.2) is 12.8 Å². The van der Waals surface area contributed by atoms with E-state index in [1.54, 1.807) is 36.0 Å². The van der Waals surface area contributed by atoms with Crippen LogP contribution in [0.4, 0.5) is 10.2 Å². The van der Waals surface area contributed by atoms with Crippen molar-refractivity contribution in [2.24, 2.45) is 0 Å². The molecule has 0 fully saturated rings. The lowest BCUT2D eigenvalue weighted by Gasteiger charge is -2.09. The molecule has 2 aromatic heterocycles. The molecule has 4 aromatic rings. The number of halogens is 1. The third kappa shape index (κ3) is 3.66. The van der Waals surface area contributed by atoms with E-state index in [1.165, 1.54) is 19.2 Å². The van der Waals surface area contributed by atoms with Gasteiger partial charge in [-0.05, 0) is 48.4 Å². The zero-order chi connectivity index (χ0) is 20.6. The van der Waals surface area contributed by atoms with Crippen LogP contribution in [0.2, 0.25) is 0 Å². The minimum atomic E-state index is -4.22. The number of aryl methyl sites for hydroxylation is 1. The number of nitrogens with zero attached hydrogens (tertiary/aromatic N) is 3. The first kappa shape index (κ1) is 18.9. The molecule has 0 spiro atoms. The number of ether oxygens (including phenoxy) is 1. The molecule has 1 N–H and O–H groups in total. The Labute approximate surface area is 165 Å². The van der Waals surface area contributed by atoms with Crippen LogP contribution in [0.3, 0.4) is 0 Å². The van der Waals surface area contributed by atoms with E-state index in [2.05, 4.69) is 15.0 Å². The minimum Gasteiger partial charge on any atom is -0.496 e. The quantitative estimate of drug-likeness (QED) is 0.518. The summed E-state index contributed by atoms with van der Waals surface area (Å²) in [4.78, 5) is -0.478. The van der Waals surface area contributed by atoms with E-state index in [4.69, 9.17) is 9.26 Å². The number of fused-ring (bicyclic) bond motifs is 1. The maximum atomic E-state index is 14.2. The van der Waals surface area contributed by atoms with Crippen molar-refractivity contribution >= 4 is 26.8 Å². The van der Waals surface area contributed by atoms with Gasteiger partial charge < -0.3 is 9.26 Å². The van der Waals surface area contributed by atoms with Crippen LogP contribution in [0.1, 0.15) is 11.1 Å². The van der Waals surface area contributed by atoms with Crippen LogP contribution in [0, 0.1) is 12.7 Å². The number of rotatable bonds is 6. The predicted molar refractivity (Wildman–Crippen MR) is 104 cm³/mol. The summed E-state index contributed by atoms with van der Waals surface area (Å²) < 4.78 is 54.2. The second kappa shape index (κ2) is 7.21. The third-order valence-electron chi connectivity index (χ3n) is 4.33. The summed E-state index contributed by atoms with van der Waals surface area (Å²) in [5.41, 5.74) is 1.77. The van der Waals surface area contributed by atoms with Crippen molar-refractivity contribution in [3.8, 4) is 5.75 Å². The standard InChI is InChI=1S/C19H17FN4O4S/c1-12-4-5-17(14(20)8-12)29(25,26)23-19-18-15(27-2)9-13(10-16(18)28-22-19)11-24-7-3-6-21-24/h3-10H,11H2,1-2H3,(H,22,23). The molecule has 0 atom stereocenters. The maximum absolute atomic E-state index is 14.2. The van der Waals surface area contributed by atoms with Crippen LogP contribution in [0.15, 0.2) is 58.2 Å². The van der Waals surface area contributed by atoms with Gasteiger partial charge in [0, 0.05) is 12.4 Å². The fraction of sp³-hybridized carbons (Fsp3) is 0.158. The SMILES string of the molecule is COc1cc(Cn2cccn2)cc2onc(NS(=O)(=O)c3ccc(C)cc3F)c12. The van der Waals surface area contributed by atoms with E-state index in [-0.39, 0.29) is 5.82 Å². The van der Waals surface area contributed by atoms with Crippen LogP contribution in [0.5, 0.6) is 5.75 Å². The Morgan fingerprint density at radius 3 is 2.79 bits per heavy atom. The van der Waals surface area contributed by atoms with Crippen LogP contribution < -0.4 is 9.46 Å². The lowest BCUT2D eigenvalue weighted by molar-refractivity contribution is 0.418. The van der Waals surface area contributed by atoms with Crippen molar-refractivity contribution < 1.29 is 22.1 Å². The summed E-state index contributed by atoms with van der Waals surface area (Å²) in [5, 5.41) is 8.30. The van der Waals surface area contributed by atoms with Crippen molar-refractivity contribution in [3.05, 3.63) is 65.7 Å². The fourth-order valence-electron chi connectivity index (χ4n) is 3.00. The highest BCUT2D eigenvalue weighted by Gasteiger charge is 2.24. The van der Waals surface area contributed by atoms with Crippen LogP contribution in [-0.4, -0.2) is 30.5 Å². The number of aromatic nitrogens is 3. The minimum absolute atomic E-state index is 0.0811. The molecule has 0 amide bonds. The van der Waals surface area contributed by atoms with Crippen LogP contribution in [0.25, 0.3) is 11.0 Å². The average Bonchev–Trinajstić information content (AvgIpc) is 3.31. The number of methoxy groups -OCH3 is 1. The molecule has 0 aliphatic heterocycles. The first-order chi connectivity index (χ1) is 13.9. The first-order valence-corrected chi connectivity index (χ1v) is 10.1. The van der Waals surface area contributed by atoms with Crippen LogP contribution >= 0.6 is 0 Å². The molecule has 0 saturated carbocycles. The molecule has 2 aromatic carbocycles. The number of nitrogens with one attached hydrogen (secondary N) is 1. The maximum Gasteiger partial charge on any atom is 0.266 e. The van der Waals surface area contributed by atoms with Gasteiger partial charge in [-0.3, -0.25) is 9.40 Å². The topological polar surface area (TPSA) is 99.2 Å². The zero-order valence-electron chi connectivity index (χ0n) is 15.6. The van der Waals surface area contributed by atoms with Gasteiger partial charge in [0.05, 0.1) is 13.7 Å². The van der Waals surface area contributed by atoms with Gasteiger partial charge in [-0.15, -0.1) is 0 Å². The Hall–Kier alpha value is -3.40. The number of sulfonamides is 1. The van der Waals surface area contributed by atoms with Gasteiger partial charge >= 0.3 is 0 Å². The van der Waals surface area contributed by atoms with E-state index >= 15 is 0 Å². The zero-order valence-corrected chi connectivity index (χ0v) is 16.4. The Kier molecular flexibility index (Phi) is 4.71. The Balaban J connectivity index is 1.73. The molecule has 0 aliphatic carbocycles. The van der Waals surface area contributed by atoms with Gasteiger partial charge in [-0.2, -0.15) is 5.10 Å². The molecule has 0 saturated heterocycles. The van der Waals surface area contributed by atoms with Gasteiger partial charge in [-0.1, -0.05) is 11.2 Å². The van der Waals surface area contributed by atoms with Crippen molar-refractivity contribution in [3.63, 3.8) is 0 Å². The van der Waals surface area contributed by atoms with E-state index < -0.39 is 20.7 Å². The van der Waals surface area contributed by atoms with E-state index in [9.17, 15) is 12.8 Å². The Morgan fingerprint density at radius 2 is 2.10 bits per heavy atom. The molecule has 0 aliphatic rings.